The fourth-order valence-corrected chi connectivity index (χ4v) is 3.88. The van der Waals surface area contributed by atoms with Crippen molar-refractivity contribution < 1.29 is 9.47 Å². The maximum Gasteiger partial charge on any atom is 0.231 e. The van der Waals surface area contributed by atoms with Gasteiger partial charge in [-0.1, -0.05) is 18.9 Å². The number of pyridine rings is 1. The highest BCUT2D eigenvalue weighted by atomic mass is 32.1. The molecule has 26 heavy (non-hydrogen) atoms. The smallest absolute Gasteiger partial charge is 0.231 e. The summed E-state index contributed by atoms with van der Waals surface area (Å²) in [5.41, 5.74) is 2.37. The number of thiocarbonyl (C=S) groups is 1. The van der Waals surface area contributed by atoms with E-state index in [1.54, 1.807) is 0 Å². The largest absolute Gasteiger partial charge is 0.454 e. The summed E-state index contributed by atoms with van der Waals surface area (Å²) in [5, 5.41) is 4.24. The fourth-order valence-electron chi connectivity index (χ4n) is 3.60. The van der Waals surface area contributed by atoms with Gasteiger partial charge in [0.25, 0.3) is 0 Å². The number of nitrogens with zero attached hydrogens (tertiary/aromatic N) is 2. The second kappa shape index (κ2) is 7.91. The Kier molecular flexibility index (Phi) is 5.20. The van der Waals surface area contributed by atoms with Crippen LogP contribution in [0.25, 0.3) is 0 Å². The van der Waals surface area contributed by atoms with E-state index in [0.717, 1.165) is 28.7 Å². The van der Waals surface area contributed by atoms with E-state index in [4.69, 9.17) is 21.7 Å². The van der Waals surface area contributed by atoms with Crippen molar-refractivity contribution in [1.82, 2.24) is 15.2 Å². The first kappa shape index (κ1) is 17.1. The van der Waals surface area contributed by atoms with Gasteiger partial charge in [0.1, 0.15) is 0 Å². The molecule has 0 amide bonds. The lowest BCUT2D eigenvalue weighted by Crippen LogP contribution is -2.44. The van der Waals surface area contributed by atoms with Crippen molar-refractivity contribution in [3.8, 4) is 11.5 Å². The van der Waals surface area contributed by atoms with E-state index in [-0.39, 0.29) is 0 Å². The van der Waals surface area contributed by atoms with Crippen LogP contribution < -0.4 is 14.8 Å². The lowest BCUT2D eigenvalue weighted by atomic mass is 10.1. The number of benzene rings is 1. The molecule has 1 fully saturated rings. The van der Waals surface area contributed by atoms with Crippen LogP contribution in [-0.2, 0) is 13.1 Å². The number of hydrogen-bond donors (Lipinski definition) is 1. The van der Waals surface area contributed by atoms with E-state index in [1.165, 1.54) is 31.2 Å². The van der Waals surface area contributed by atoms with Gasteiger partial charge in [-0.3, -0.25) is 4.98 Å². The molecule has 1 aromatic heterocycles. The Labute approximate surface area is 159 Å². The molecule has 2 aromatic rings. The van der Waals surface area contributed by atoms with Gasteiger partial charge in [-0.05, 0) is 60.5 Å². The molecule has 6 heteroatoms. The summed E-state index contributed by atoms with van der Waals surface area (Å²) >= 11 is 5.75. The third-order valence-corrected chi connectivity index (χ3v) is 5.39. The molecule has 2 aliphatic rings. The lowest BCUT2D eigenvalue weighted by Gasteiger charge is -2.32. The van der Waals surface area contributed by atoms with Crippen LogP contribution in [0.3, 0.4) is 0 Å². The standard InChI is InChI=1S/C20H23N3O2S/c26-20(22-12-16-5-6-18-19(11-16)25-14-24-18)23(17-3-1-2-4-17)13-15-7-9-21-10-8-15/h5-11,17H,1-4,12-14H2,(H,22,26). The maximum atomic E-state index is 5.75. The molecule has 1 saturated carbocycles. The summed E-state index contributed by atoms with van der Waals surface area (Å²) in [5.74, 6) is 1.61. The number of hydrogen-bond acceptors (Lipinski definition) is 4. The molecule has 136 valence electrons. The first-order chi connectivity index (χ1) is 12.8. The van der Waals surface area contributed by atoms with Crippen LogP contribution in [0.1, 0.15) is 36.8 Å². The van der Waals surface area contributed by atoms with E-state index in [1.807, 2.05) is 30.6 Å². The number of nitrogens with one attached hydrogen (secondary N) is 1. The molecule has 0 radical (unpaired) electrons. The van der Waals surface area contributed by atoms with Crippen molar-refractivity contribution in [2.75, 3.05) is 6.79 Å². The van der Waals surface area contributed by atoms with Crippen LogP contribution in [0.4, 0.5) is 0 Å². The third kappa shape index (κ3) is 3.90. The van der Waals surface area contributed by atoms with Crippen LogP contribution in [-0.4, -0.2) is 27.8 Å². The van der Waals surface area contributed by atoms with E-state index >= 15 is 0 Å². The Morgan fingerprint density at radius 1 is 1.08 bits per heavy atom. The second-order valence-corrected chi connectivity index (χ2v) is 7.15. The third-order valence-electron chi connectivity index (χ3n) is 5.01. The molecule has 0 spiro atoms. The highest BCUT2D eigenvalue weighted by Crippen LogP contribution is 2.32. The van der Waals surface area contributed by atoms with Gasteiger partial charge in [-0.25, -0.2) is 0 Å². The van der Waals surface area contributed by atoms with Crippen LogP contribution in [0.5, 0.6) is 11.5 Å². The Bertz CT molecular complexity index is 763. The van der Waals surface area contributed by atoms with Gasteiger partial charge >= 0.3 is 0 Å². The van der Waals surface area contributed by atoms with Gasteiger partial charge < -0.3 is 19.7 Å². The summed E-state index contributed by atoms with van der Waals surface area (Å²) in [4.78, 5) is 6.45. The highest BCUT2D eigenvalue weighted by molar-refractivity contribution is 7.80. The van der Waals surface area contributed by atoms with Crippen molar-refractivity contribution in [3.63, 3.8) is 0 Å². The van der Waals surface area contributed by atoms with Crippen molar-refractivity contribution in [2.24, 2.45) is 0 Å². The molecule has 0 unspecified atom stereocenters. The number of aromatic nitrogens is 1. The molecule has 0 bridgehead atoms. The van der Waals surface area contributed by atoms with Gasteiger partial charge in [0.05, 0.1) is 0 Å². The molecule has 1 N–H and O–H groups in total. The zero-order valence-corrected chi connectivity index (χ0v) is 15.5. The van der Waals surface area contributed by atoms with Crippen molar-refractivity contribution >= 4 is 17.3 Å². The van der Waals surface area contributed by atoms with Crippen LogP contribution in [0.15, 0.2) is 42.7 Å². The minimum Gasteiger partial charge on any atom is -0.454 e. The Hall–Kier alpha value is -2.34. The summed E-state index contributed by atoms with van der Waals surface area (Å²) in [6.07, 6.45) is 8.65. The van der Waals surface area contributed by atoms with Gasteiger partial charge in [0, 0.05) is 31.5 Å². The molecule has 1 aliphatic carbocycles. The SMILES string of the molecule is S=C(NCc1ccc2c(c1)OCO2)N(Cc1ccncc1)C1CCCC1. The molecule has 5 nitrogen and oxygen atoms in total. The molecule has 1 aliphatic heterocycles. The Morgan fingerprint density at radius 3 is 2.65 bits per heavy atom. The Morgan fingerprint density at radius 2 is 1.85 bits per heavy atom. The molecule has 0 saturated heterocycles. The van der Waals surface area contributed by atoms with Crippen molar-refractivity contribution in [2.45, 2.75) is 44.8 Å². The number of rotatable bonds is 5. The molecule has 2 heterocycles. The Balaban J connectivity index is 1.42. The zero-order valence-electron chi connectivity index (χ0n) is 14.7. The summed E-state index contributed by atoms with van der Waals surface area (Å²) in [6, 6.07) is 10.6. The number of fused-ring (bicyclic) bond motifs is 1. The van der Waals surface area contributed by atoms with Crippen LogP contribution in [0.2, 0.25) is 0 Å². The van der Waals surface area contributed by atoms with Crippen LogP contribution in [0, 0.1) is 0 Å². The van der Waals surface area contributed by atoms with Crippen molar-refractivity contribution in [1.29, 1.82) is 0 Å². The molecule has 1 aromatic carbocycles. The summed E-state index contributed by atoms with van der Waals surface area (Å²) in [7, 11) is 0. The number of ether oxygens (including phenoxy) is 2. The molecule has 0 atom stereocenters. The highest BCUT2D eigenvalue weighted by Gasteiger charge is 2.24. The van der Waals surface area contributed by atoms with E-state index in [2.05, 4.69) is 27.3 Å². The van der Waals surface area contributed by atoms with Gasteiger partial charge in [0.15, 0.2) is 16.6 Å². The zero-order chi connectivity index (χ0) is 17.8. The quantitative estimate of drug-likeness (QED) is 0.812. The minimum atomic E-state index is 0.298. The predicted molar refractivity (Wildman–Crippen MR) is 104 cm³/mol. The van der Waals surface area contributed by atoms with E-state index in [0.29, 0.717) is 19.4 Å². The summed E-state index contributed by atoms with van der Waals surface area (Å²) in [6.45, 7) is 1.79. The molecular formula is C20H23N3O2S. The normalized spacial score (nSPS) is 15.8. The van der Waals surface area contributed by atoms with Gasteiger partial charge in [-0.2, -0.15) is 0 Å². The molecule has 4 rings (SSSR count). The second-order valence-electron chi connectivity index (χ2n) is 6.77. The topological polar surface area (TPSA) is 46.6 Å². The first-order valence-electron chi connectivity index (χ1n) is 9.11. The van der Waals surface area contributed by atoms with Gasteiger partial charge in [0.2, 0.25) is 6.79 Å². The van der Waals surface area contributed by atoms with Gasteiger partial charge in [-0.15, -0.1) is 0 Å². The summed E-state index contributed by atoms with van der Waals surface area (Å²) < 4.78 is 10.8. The van der Waals surface area contributed by atoms with E-state index < -0.39 is 0 Å². The average Bonchev–Trinajstić information content (AvgIpc) is 3.36. The first-order valence-corrected chi connectivity index (χ1v) is 9.52. The maximum absolute atomic E-state index is 5.75. The molecular weight excluding hydrogens is 346 g/mol. The van der Waals surface area contributed by atoms with E-state index in [9.17, 15) is 0 Å². The monoisotopic (exact) mass is 369 g/mol. The fraction of sp³-hybridized carbons (Fsp3) is 0.400. The lowest BCUT2D eigenvalue weighted by molar-refractivity contribution is 0.174. The predicted octanol–water partition coefficient (Wildman–Crippen LogP) is 3.63. The average molecular weight is 369 g/mol. The minimum absolute atomic E-state index is 0.298. The van der Waals surface area contributed by atoms with Crippen molar-refractivity contribution in [3.05, 3.63) is 53.9 Å². The van der Waals surface area contributed by atoms with Crippen LogP contribution >= 0.6 is 12.2 Å².